The molecule has 1 aliphatic rings. The van der Waals surface area contributed by atoms with Crippen LogP contribution >= 0.6 is 11.8 Å². The van der Waals surface area contributed by atoms with Gasteiger partial charge in [0.25, 0.3) is 0 Å². The van der Waals surface area contributed by atoms with Crippen molar-refractivity contribution in [3.05, 3.63) is 18.2 Å². The zero-order valence-electron chi connectivity index (χ0n) is 14.0. The molecular weight excluding hydrogens is 316 g/mol. The molecule has 2 amide bonds. The van der Waals surface area contributed by atoms with Crippen LogP contribution in [0.2, 0.25) is 0 Å². The molecule has 2 heterocycles. The fraction of sp³-hybridized carbons (Fsp3) is 0.667. The summed E-state index contributed by atoms with van der Waals surface area (Å²) in [7, 11) is 1.92. The predicted molar refractivity (Wildman–Crippen MR) is 89.1 cm³/mol. The number of amides is 2. The molecule has 0 aliphatic carbocycles. The third kappa shape index (κ3) is 4.89. The Bertz CT molecular complexity index is 567. The number of hydrogen-bond acceptors (Lipinski definition) is 5. The highest BCUT2D eigenvalue weighted by atomic mass is 32.2. The van der Waals surface area contributed by atoms with Crippen LogP contribution in [0, 0.1) is 0 Å². The number of aromatic nitrogens is 2. The maximum absolute atomic E-state index is 12.3. The number of thioether (sulfide) groups is 1. The van der Waals surface area contributed by atoms with Crippen molar-refractivity contribution >= 4 is 23.8 Å². The average molecular weight is 340 g/mol. The van der Waals surface area contributed by atoms with Crippen molar-refractivity contribution in [1.29, 1.82) is 0 Å². The van der Waals surface area contributed by atoms with E-state index in [9.17, 15) is 9.59 Å². The van der Waals surface area contributed by atoms with Crippen LogP contribution < -0.4 is 5.32 Å². The van der Waals surface area contributed by atoms with Crippen molar-refractivity contribution in [2.45, 2.75) is 38.8 Å². The first kappa shape index (κ1) is 17.7. The molecule has 0 bridgehead atoms. The number of imidazole rings is 1. The molecule has 128 valence electrons. The Morgan fingerprint density at radius 3 is 2.83 bits per heavy atom. The quantitative estimate of drug-likeness (QED) is 0.896. The lowest BCUT2D eigenvalue weighted by atomic mass is 10.2. The molecule has 1 aromatic heterocycles. The summed E-state index contributed by atoms with van der Waals surface area (Å²) >= 11 is 1.55. The van der Waals surface area contributed by atoms with E-state index in [1.807, 2.05) is 38.6 Å². The minimum Gasteiger partial charge on any atom is -0.444 e. The van der Waals surface area contributed by atoms with Crippen LogP contribution in [0.4, 0.5) is 4.79 Å². The highest BCUT2D eigenvalue weighted by Crippen LogP contribution is 2.23. The van der Waals surface area contributed by atoms with Crippen LogP contribution in [0.3, 0.4) is 0 Å². The molecule has 8 heteroatoms. The number of carbonyl (C=O) groups is 2. The Morgan fingerprint density at radius 1 is 1.48 bits per heavy atom. The molecule has 1 atom stereocenters. The Balaban J connectivity index is 1.85. The topological polar surface area (TPSA) is 76.5 Å². The first-order valence-electron chi connectivity index (χ1n) is 7.59. The van der Waals surface area contributed by atoms with E-state index in [1.165, 1.54) is 4.90 Å². The van der Waals surface area contributed by atoms with Crippen LogP contribution in [0.25, 0.3) is 0 Å². The minimum atomic E-state index is -0.566. The summed E-state index contributed by atoms with van der Waals surface area (Å²) in [6, 6.07) is -0.476. The SMILES string of the molecule is Cn1ccnc1CCNC(=O)[C@H]1CSCN1C(=O)OC(C)(C)C. The first-order chi connectivity index (χ1) is 10.8. The van der Waals surface area contributed by atoms with Gasteiger partial charge < -0.3 is 14.6 Å². The number of ether oxygens (including phenoxy) is 1. The van der Waals surface area contributed by atoms with Crippen molar-refractivity contribution in [1.82, 2.24) is 19.8 Å². The van der Waals surface area contributed by atoms with Crippen LogP contribution in [-0.2, 0) is 23.0 Å². The van der Waals surface area contributed by atoms with Gasteiger partial charge in [-0.05, 0) is 20.8 Å². The van der Waals surface area contributed by atoms with Gasteiger partial charge in [0, 0.05) is 38.2 Å². The Hall–Kier alpha value is -1.70. The highest BCUT2D eigenvalue weighted by Gasteiger charge is 2.36. The summed E-state index contributed by atoms with van der Waals surface area (Å²) in [5.74, 6) is 1.84. The Kier molecular flexibility index (Phi) is 5.56. The van der Waals surface area contributed by atoms with E-state index >= 15 is 0 Å². The summed E-state index contributed by atoms with van der Waals surface area (Å²) in [6.45, 7) is 5.94. The van der Waals surface area contributed by atoms with Gasteiger partial charge in [0.05, 0.1) is 5.88 Å². The average Bonchev–Trinajstić information content (AvgIpc) is 3.06. The molecule has 0 unspecified atom stereocenters. The minimum absolute atomic E-state index is 0.143. The molecule has 1 aromatic rings. The maximum Gasteiger partial charge on any atom is 0.411 e. The normalized spacial score (nSPS) is 18.1. The zero-order chi connectivity index (χ0) is 17.0. The van der Waals surface area contributed by atoms with Crippen molar-refractivity contribution in [2.75, 3.05) is 18.2 Å². The molecule has 0 spiro atoms. The van der Waals surface area contributed by atoms with Crippen molar-refractivity contribution in [2.24, 2.45) is 7.05 Å². The van der Waals surface area contributed by atoms with E-state index in [2.05, 4.69) is 10.3 Å². The fourth-order valence-corrected chi connectivity index (χ4v) is 3.36. The van der Waals surface area contributed by atoms with E-state index in [1.54, 1.807) is 18.0 Å². The molecule has 0 saturated carbocycles. The van der Waals surface area contributed by atoms with E-state index in [-0.39, 0.29) is 5.91 Å². The highest BCUT2D eigenvalue weighted by molar-refractivity contribution is 7.99. The van der Waals surface area contributed by atoms with Gasteiger partial charge in [-0.3, -0.25) is 9.69 Å². The molecule has 2 rings (SSSR count). The first-order valence-corrected chi connectivity index (χ1v) is 8.74. The van der Waals surface area contributed by atoms with Crippen LogP contribution in [0.1, 0.15) is 26.6 Å². The molecule has 1 saturated heterocycles. The van der Waals surface area contributed by atoms with Gasteiger partial charge in [0.2, 0.25) is 5.91 Å². The lowest BCUT2D eigenvalue weighted by Crippen LogP contribution is -2.49. The van der Waals surface area contributed by atoms with Gasteiger partial charge in [-0.25, -0.2) is 9.78 Å². The fourth-order valence-electron chi connectivity index (χ4n) is 2.21. The second-order valence-corrected chi connectivity index (χ2v) is 7.46. The Morgan fingerprint density at radius 2 is 2.22 bits per heavy atom. The van der Waals surface area contributed by atoms with Crippen molar-refractivity contribution in [3.63, 3.8) is 0 Å². The molecule has 0 radical (unpaired) electrons. The maximum atomic E-state index is 12.3. The predicted octanol–water partition coefficient (Wildman–Crippen LogP) is 1.39. The Labute approximate surface area is 140 Å². The lowest BCUT2D eigenvalue weighted by Gasteiger charge is -2.27. The number of rotatable bonds is 4. The molecule has 1 N–H and O–H groups in total. The number of aryl methyl sites for hydroxylation is 1. The van der Waals surface area contributed by atoms with Gasteiger partial charge in [-0.1, -0.05) is 0 Å². The van der Waals surface area contributed by atoms with Crippen molar-refractivity contribution < 1.29 is 14.3 Å². The van der Waals surface area contributed by atoms with Gasteiger partial charge in [-0.15, -0.1) is 11.8 Å². The number of nitrogens with one attached hydrogen (secondary N) is 1. The molecule has 1 aliphatic heterocycles. The van der Waals surface area contributed by atoms with Crippen LogP contribution in [0.15, 0.2) is 12.4 Å². The van der Waals surface area contributed by atoms with Gasteiger partial charge in [-0.2, -0.15) is 0 Å². The standard InChI is InChI=1S/C15H24N4O3S/c1-15(2,3)22-14(21)19-10-23-9-11(19)13(20)17-6-5-12-16-7-8-18(12)4/h7-8,11H,5-6,9-10H2,1-4H3,(H,17,20)/t11-/m1/s1. The molecule has 0 aromatic carbocycles. The van der Waals surface area contributed by atoms with E-state index in [0.29, 0.717) is 24.6 Å². The van der Waals surface area contributed by atoms with E-state index in [4.69, 9.17) is 4.74 Å². The number of carbonyl (C=O) groups excluding carboxylic acids is 2. The van der Waals surface area contributed by atoms with Crippen LogP contribution in [0.5, 0.6) is 0 Å². The summed E-state index contributed by atoms with van der Waals surface area (Å²) < 4.78 is 7.28. The third-order valence-electron chi connectivity index (χ3n) is 3.38. The molecule has 23 heavy (non-hydrogen) atoms. The van der Waals surface area contributed by atoms with Crippen LogP contribution in [-0.4, -0.2) is 56.3 Å². The molecule has 1 fully saturated rings. The summed E-state index contributed by atoms with van der Waals surface area (Å²) in [6.07, 6.45) is 3.82. The zero-order valence-corrected chi connectivity index (χ0v) is 14.9. The van der Waals surface area contributed by atoms with Gasteiger partial charge in [0.1, 0.15) is 17.5 Å². The molecule has 7 nitrogen and oxygen atoms in total. The summed E-state index contributed by atoms with van der Waals surface area (Å²) in [5, 5.41) is 2.88. The second-order valence-electron chi connectivity index (χ2n) is 6.46. The van der Waals surface area contributed by atoms with E-state index < -0.39 is 17.7 Å². The largest absolute Gasteiger partial charge is 0.444 e. The number of hydrogen-bond donors (Lipinski definition) is 1. The second kappa shape index (κ2) is 7.25. The monoisotopic (exact) mass is 340 g/mol. The van der Waals surface area contributed by atoms with Gasteiger partial charge >= 0.3 is 6.09 Å². The molecular formula is C15H24N4O3S. The lowest BCUT2D eigenvalue weighted by molar-refractivity contribution is -0.125. The van der Waals surface area contributed by atoms with Crippen molar-refractivity contribution in [3.8, 4) is 0 Å². The smallest absolute Gasteiger partial charge is 0.411 e. The third-order valence-corrected chi connectivity index (χ3v) is 4.39. The van der Waals surface area contributed by atoms with Gasteiger partial charge in [0.15, 0.2) is 0 Å². The van der Waals surface area contributed by atoms with E-state index in [0.717, 1.165) is 5.82 Å². The summed E-state index contributed by atoms with van der Waals surface area (Å²) in [5.41, 5.74) is -0.566. The summed E-state index contributed by atoms with van der Waals surface area (Å²) in [4.78, 5) is 30.2. The number of nitrogens with zero attached hydrogens (tertiary/aromatic N) is 3.